The van der Waals surface area contributed by atoms with Gasteiger partial charge >= 0.3 is 0 Å². The number of halogens is 1. The Hall–Kier alpha value is -1.87. The van der Waals surface area contributed by atoms with E-state index in [4.69, 9.17) is 0 Å². The van der Waals surface area contributed by atoms with Crippen LogP contribution in [-0.4, -0.2) is 10.4 Å². The van der Waals surface area contributed by atoms with Crippen LogP contribution in [0.5, 0.6) is 0 Å². The lowest BCUT2D eigenvalue weighted by atomic mass is 10.0. The number of benzene rings is 2. The molecule has 0 aliphatic carbocycles. The first kappa shape index (κ1) is 14.1. The molecule has 106 valence electrons. The molecule has 3 aromatic rings. The number of Topliss-reactive ketones (excluding diaryl/α,β-unsaturated/α-hetero) is 1. The minimum Gasteiger partial charge on any atom is -0.338 e. The van der Waals surface area contributed by atoms with Crippen molar-refractivity contribution in [3.05, 3.63) is 69.8 Å². The summed E-state index contributed by atoms with van der Waals surface area (Å²) in [5, 5.41) is 1.13. The number of nitrogens with zero attached hydrogens (tertiary/aromatic N) is 1. The van der Waals surface area contributed by atoms with E-state index in [9.17, 15) is 4.79 Å². The number of hydrogen-bond donors (Lipinski definition) is 0. The summed E-state index contributed by atoms with van der Waals surface area (Å²) in [4.78, 5) is 12.6. The number of aromatic nitrogens is 1. The van der Waals surface area contributed by atoms with E-state index in [1.807, 2.05) is 61.0 Å². The zero-order valence-corrected chi connectivity index (χ0v) is 13.6. The Labute approximate surface area is 132 Å². The minimum atomic E-state index is 0.143. The van der Waals surface area contributed by atoms with Crippen molar-refractivity contribution in [1.82, 2.24) is 4.57 Å². The van der Waals surface area contributed by atoms with Gasteiger partial charge in [-0.25, -0.2) is 0 Å². The smallest absolute Gasteiger partial charge is 0.182 e. The van der Waals surface area contributed by atoms with E-state index in [1.165, 1.54) is 0 Å². The molecule has 1 heterocycles. The average molecular weight is 342 g/mol. The van der Waals surface area contributed by atoms with Crippen LogP contribution in [0.3, 0.4) is 0 Å². The largest absolute Gasteiger partial charge is 0.338 e. The lowest BCUT2D eigenvalue weighted by Gasteiger charge is -2.08. The molecule has 21 heavy (non-hydrogen) atoms. The van der Waals surface area contributed by atoms with Gasteiger partial charge in [0, 0.05) is 27.1 Å². The van der Waals surface area contributed by atoms with E-state index in [0.29, 0.717) is 6.54 Å². The second-order valence-electron chi connectivity index (χ2n) is 5.36. The average Bonchev–Trinajstić information content (AvgIpc) is 2.78. The van der Waals surface area contributed by atoms with Crippen LogP contribution in [0.2, 0.25) is 0 Å². The first-order chi connectivity index (χ1) is 10.1. The molecule has 2 aromatic carbocycles. The summed E-state index contributed by atoms with van der Waals surface area (Å²) in [5.41, 5.74) is 4.02. The normalized spacial score (nSPS) is 11.0. The molecule has 0 radical (unpaired) electrons. The number of rotatable bonds is 3. The van der Waals surface area contributed by atoms with Crippen LogP contribution in [0.15, 0.2) is 53.1 Å². The highest BCUT2D eigenvalue weighted by Gasteiger charge is 2.13. The van der Waals surface area contributed by atoms with Gasteiger partial charge in [-0.15, -0.1) is 0 Å². The maximum absolute atomic E-state index is 12.6. The van der Waals surface area contributed by atoms with E-state index in [-0.39, 0.29) is 5.78 Å². The van der Waals surface area contributed by atoms with Gasteiger partial charge in [-0.05, 0) is 47.5 Å². The maximum atomic E-state index is 12.6. The summed E-state index contributed by atoms with van der Waals surface area (Å²) in [7, 11) is 0. The van der Waals surface area contributed by atoms with E-state index in [0.717, 1.165) is 32.1 Å². The van der Waals surface area contributed by atoms with Crippen LogP contribution in [0.1, 0.15) is 21.5 Å². The number of ketones is 1. The molecule has 0 N–H and O–H groups in total. The monoisotopic (exact) mass is 341 g/mol. The standard InChI is InChI=1S/C18H16BrNO/c1-12-7-8-13(2)15(9-12)18(21)11-20-10-16(19)14-5-3-4-6-17(14)20/h3-10H,11H2,1-2H3. The van der Waals surface area contributed by atoms with Gasteiger partial charge in [-0.2, -0.15) is 0 Å². The van der Waals surface area contributed by atoms with Gasteiger partial charge in [0.25, 0.3) is 0 Å². The maximum Gasteiger partial charge on any atom is 0.182 e. The quantitative estimate of drug-likeness (QED) is 0.620. The lowest BCUT2D eigenvalue weighted by molar-refractivity contribution is 0.0973. The molecule has 0 unspecified atom stereocenters. The molecule has 0 aliphatic heterocycles. The molecule has 0 saturated carbocycles. The molecule has 0 aliphatic rings. The van der Waals surface area contributed by atoms with Gasteiger partial charge in [0.1, 0.15) is 0 Å². The Morgan fingerprint density at radius 2 is 1.90 bits per heavy atom. The Balaban J connectivity index is 1.99. The SMILES string of the molecule is Cc1ccc(C)c(C(=O)Cn2cc(Br)c3ccccc32)c1. The summed E-state index contributed by atoms with van der Waals surface area (Å²) in [6.07, 6.45) is 1.98. The summed E-state index contributed by atoms with van der Waals surface area (Å²) >= 11 is 3.56. The zero-order chi connectivity index (χ0) is 15.0. The molecule has 3 rings (SSSR count). The molecule has 2 nitrogen and oxygen atoms in total. The fourth-order valence-electron chi connectivity index (χ4n) is 2.61. The Morgan fingerprint density at radius 1 is 1.14 bits per heavy atom. The lowest BCUT2D eigenvalue weighted by Crippen LogP contribution is -2.11. The van der Waals surface area contributed by atoms with Crippen molar-refractivity contribution >= 4 is 32.6 Å². The topological polar surface area (TPSA) is 22.0 Å². The van der Waals surface area contributed by atoms with Crippen molar-refractivity contribution in [3.63, 3.8) is 0 Å². The van der Waals surface area contributed by atoms with Gasteiger partial charge in [-0.1, -0.05) is 35.9 Å². The van der Waals surface area contributed by atoms with Crippen molar-refractivity contribution in [3.8, 4) is 0 Å². The van der Waals surface area contributed by atoms with Crippen LogP contribution in [-0.2, 0) is 6.54 Å². The molecule has 0 atom stereocenters. The van der Waals surface area contributed by atoms with Gasteiger partial charge in [0.05, 0.1) is 6.54 Å². The first-order valence-corrected chi connectivity index (χ1v) is 7.69. The highest BCUT2D eigenvalue weighted by Crippen LogP contribution is 2.26. The molecule has 3 heteroatoms. The van der Waals surface area contributed by atoms with Crippen LogP contribution in [0.4, 0.5) is 0 Å². The van der Waals surface area contributed by atoms with Crippen molar-refractivity contribution in [2.75, 3.05) is 0 Å². The van der Waals surface area contributed by atoms with Gasteiger partial charge < -0.3 is 4.57 Å². The second-order valence-corrected chi connectivity index (χ2v) is 6.22. The summed E-state index contributed by atoms with van der Waals surface area (Å²) in [6.45, 7) is 4.35. The first-order valence-electron chi connectivity index (χ1n) is 6.90. The van der Waals surface area contributed by atoms with Crippen LogP contribution in [0.25, 0.3) is 10.9 Å². The number of carbonyl (C=O) groups excluding carboxylic acids is 1. The second kappa shape index (κ2) is 5.49. The minimum absolute atomic E-state index is 0.143. The third kappa shape index (κ3) is 2.66. The van der Waals surface area contributed by atoms with Crippen LogP contribution >= 0.6 is 15.9 Å². The van der Waals surface area contributed by atoms with Crippen LogP contribution in [0, 0.1) is 13.8 Å². The number of para-hydroxylation sites is 1. The molecule has 0 bridgehead atoms. The fraction of sp³-hybridized carbons (Fsp3) is 0.167. The van der Waals surface area contributed by atoms with Gasteiger partial charge in [-0.3, -0.25) is 4.79 Å². The molecular weight excluding hydrogens is 326 g/mol. The Morgan fingerprint density at radius 3 is 2.71 bits per heavy atom. The van der Waals surface area contributed by atoms with Crippen molar-refractivity contribution in [2.24, 2.45) is 0 Å². The van der Waals surface area contributed by atoms with E-state index >= 15 is 0 Å². The summed E-state index contributed by atoms with van der Waals surface area (Å²) < 4.78 is 3.02. The highest BCUT2D eigenvalue weighted by molar-refractivity contribution is 9.10. The van der Waals surface area contributed by atoms with Gasteiger partial charge in [0.2, 0.25) is 0 Å². The van der Waals surface area contributed by atoms with Crippen molar-refractivity contribution < 1.29 is 4.79 Å². The predicted octanol–water partition coefficient (Wildman–Crippen LogP) is 4.90. The molecule has 1 aromatic heterocycles. The van der Waals surface area contributed by atoms with E-state index in [1.54, 1.807) is 0 Å². The predicted molar refractivity (Wildman–Crippen MR) is 89.9 cm³/mol. The van der Waals surface area contributed by atoms with E-state index < -0.39 is 0 Å². The highest BCUT2D eigenvalue weighted by atomic mass is 79.9. The number of aryl methyl sites for hydroxylation is 2. The Kier molecular flexibility index (Phi) is 3.68. The van der Waals surface area contributed by atoms with Crippen molar-refractivity contribution in [2.45, 2.75) is 20.4 Å². The molecule has 0 saturated heterocycles. The number of fused-ring (bicyclic) bond motifs is 1. The van der Waals surface area contributed by atoms with Crippen molar-refractivity contribution in [1.29, 1.82) is 0 Å². The zero-order valence-electron chi connectivity index (χ0n) is 12.1. The summed E-state index contributed by atoms with van der Waals surface area (Å²) in [5.74, 6) is 0.143. The third-order valence-corrected chi connectivity index (χ3v) is 4.38. The van der Waals surface area contributed by atoms with Gasteiger partial charge in [0.15, 0.2) is 5.78 Å². The Bertz CT molecular complexity index is 832. The molecule has 0 spiro atoms. The number of hydrogen-bond acceptors (Lipinski definition) is 1. The molecule has 0 amide bonds. The number of carbonyl (C=O) groups is 1. The van der Waals surface area contributed by atoms with Crippen LogP contribution < -0.4 is 0 Å². The third-order valence-electron chi connectivity index (χ3n) is 3.75. The summed E-state index contributed by atoms with van der Waals surface area (Å²) in [6, 6.07) is 14.1. The molecular formula is C18H16BrNO. The fourth-order valence-corrected chi connectivity index (χ4v) is 3.19. The van der Waals surface area contributed by atoms with E-state index in [2.05, 4.69) is 22.0 Å². The molecule has 0 fully saturated rings.